The van der Waals surface area contributed by atoms with Gasteiger partial charge in [-0.05, 0) is 25.0 Å². The third-order valence-corrected chi connectivity index (χ3v) is 3.16. The van der Waals surface area contributed by atoms with Crippen LogP contribution >= 0.6 is 0 Å². The van der Waals surface area contributed by atoms with Crippen LogP contribution in [-0.4, -0.2) is 37.2 Å². The average molecular weight is 264 g/mol. The Hall–Kier alpha value is -2.02. The number of rotatable bonds is 6. The Balaban J connectivity index is 2.17. The normalized spacial score (nSPS) is 18.4. The lowest BCUT2D eigenvalue weighted by Gasteiger charge is -2.25. The van der Waals surface area contributed by atoms with Crippen molar-refractivity contribution in [2.24, 2.45) is 5.73 Å². The van der Waals surface area contributed by atoms with E-state index in [1.165, 1.54) is 0 Å². The molecule has 1 aliphatic heterocycles. The Labute approximate surface area is 112 Å². The number of hydrogen-bond donors (Lipinski definition) is 4. The summed E-state index contributed by atoms with van der Waals surface area (Å²) < 4.78 is 0. The van der Waals surface area contributed by atoms with Gasteiger partial charge in [0.15, 0.2) is 5.82 Å². The average Bonchev–Trinajstić information content (AvgIpc) is 2.87. The van der Waals surface area contributed by atoms with Crippen molar-refractivity contribution in [2.75, 3.05) is 35.6 Å². The molecule has 19 heavy (non-hydrogen) atoms. The molecule has 1 aromatic rings. The topological polar surface area (TPSA) is 109 Å². The van der Waals surface area contributed by atoms with Crippen molar-refractivity contribution in [2.45, 2.75) is 19.0 Å². The molecule has 1 saturated heterocycles. The van der Waals surface area contributed by atoms with Crippen molar-refractivity contribution >= 4 is 23.7 Å². The molecule has 0 aliphatic carbocycles. The van der Waals surface area contributed by atoms with Crippen molar-refractivity contribution in [3.63, 3.8) is 0 Å². The molecular formula is C12H20N6O. The molecular weight excluding hydrogens is 244 g/mol. The van der Waals surface area contributed by atoms with Crippen LogP contribution in [0.3, 0.4) is 0 Å². The van der Waals surface area contributed by atoms with Gasteiger partial charge in [-0.15, -0.1) is 0 Å². The second kappa shape index (κ2) is 6.24. The maximum Gasteiger partial charge on any atom is 0.208 e. The molecule has 2 heterocycles. The van der Waals surface area contributed by atoms with Crippen LogP contribution in [0, 0.1) is 0 Å². The molecule has 1 unspecified atom stereocenters. The zero-order chi connectivity index (χ0) is 13.7. The van der Waals surface area contributed by atoms with Crippen LogP contribution in [0.4, 0.5) is 17.3 Å². The summed E-state index contributed by atoms with van der Waals surface area (Å²) in [4.78, 5) is 17.2. The summed E-state index contributed by atoms with van der Waals surface area (Å²) in [6, 6.07) is 3.69. The van der Waals surface area contributed by atoms with Gasteiger partial charge in [-0.25, -0.2) is 4.98 Å². The fraction of sp³-hybridized carbons (Fsp3) is 0.500. The smallest absolute Gasteiger partial charge is 0.208 e. The summed E-state index contributed by atoms with van der Waals surface area (Å²) in [5.74, 6) is 1.45. The highest BCUT2D eigenvalue weighted by molar-refractivity contribution is 5.65. The summed E-state index contributed by atoms with van der Waals surface area (Å²) in [5.41, 5.74) is 11.9. The second-order valence-corrected chi connectivity index (χ2v) is 4.46. The predicted octanol–water partition coefficient (Wildman–Crippen LogP) is -0.293. The largest absolute Gasteiger partial charge is 0.396 e. The van der Waals surface area contributed by atoms with Gasteiger partial charge in [0, 0.05) is 19.6 Å². The molecule has 2 rings (SSSR count). The lowest BCUT2D eigenvalue weighted by Crippen LogP contribution is -2.41. The highest BCUT2D eigenvalue weighted by Crippen LogP contribution is 2.26. The molecule has 104 valence electrons. The number of carbonyl (C=O) groups is 1. The zero-order valence-electron chi connectivity index (χ0n) is 10.8. The lowest BCUT2D eigenvalue weighted by atomic mass is 10.3. The van der Waals surface area contributed by atoms with E-state index in [0.717, 1.165) is 31.6 Å². The highest BCUT2D eigenvalue weighted by atomic mass is 16.1. The maximum absolute atomic E-state index is 10.6. The summed E-state index contributed by atoms with van der Waals surface area (Å²) >= 11 is 0. The number of nitrogen functional groups attached to an aromatic ring is 1. The first-order valence-corrected chi connectivity index (χ1v) is 6.43. The molecule has 7 nitrogen and oxygen atoms in total. The highest BCUT2D eigenvalue weighted by Gasteiger charge is 2.25. The number of amides is 1. The van der Waals surface area contributed by atoms with Gasteiger partial charge >= 0.3 is 0 Å². The molecule has 0 aromatic carbocycles. The molecule has 0 spiro atoms. The van der Waals surface area contributed by atoms with E-state index in [2.05, 4.69) is 20.5 Å². The first-order valence-electron chi connectivity index (χ1n) is 6.43. The minimum Gasteiger partial charge on any atom is -0.396 e. The monoisotopic (exact) mass is 264 g/mol. The quantitative estimate of drug-likeness (QED) is 0.526. The Kier molecular flexibility index (Phi) is 4.40. The molecule has 1 atom stereocenters. The van der Waals surface area contributed by atoms with Crippen LogP contribution in [0.25, 0.3) is 0 Å². The summed E-state index contributed by atoms with van der Waals surface area (Å²) in [6.45, 7) is 2.01. The van der Waals surface area contributed by atoms with E-state index in [4.69, 9.17) is 11.5 Å². The number of aromatic nitrogens is 1. The predicted molar refractivity (Wildman–Crippen MR) is 75.8 cm³/mol. The van der Waals surface area contributed by atoms with Crippen LogP contribution in [0.15, 0.2) is 12.1 Å². The Morgan fingerprint density at radius 1 is 1.53 bits per heavy atom. The van der Waals surface area contributed by atoms with Crippen molar-refractivity contribution < 1.29 is 4.79 Å². The molecule has 7 heteroatoms. The first kappa shape index (κ1) is 13.4. The molecule has 0 bridgehead atoms. The number of nitrogens with one attached hydrogen (secondary N) is 2. The minimum atomic E-state index is 0.0102. The number of anilines is 3. The molecule has 0 saturated carbocycles. The van der Waals surface area contributed by atoms with Crippen molar-refractivity contribution in [1.82, 2.24) is 10.3 Å². The van der Waals surface area contributed by atoms with E-state index in [-0.39, 0.29) is 6.17 Å². The van der Waals surface area contributed by atoms with Crippen LogP contribution in [0.2, 0.25) is 0 Å². The van der Waals surface area contributed by atoms with Gasteiger partial charge < -0.3 is 27.0 Å². The Morgan fingerprint density at radius 3 is 3.11 bits per heavy atom. The molecule has 6 N–H and O–H groups in total. The number of nitrogens with zero attached hydrogens (tertiary/aromatic N) is 2. The Morgan fingerprint density at radius 2 is 2.37 bits per heavy atom. The molecule has 1 fully saturated rings. The molecule has 1 aliphatic rings. The SMILES string of the molecule is NCCNc1nc(N2CCCC2NC=O)ccc1N. The zero-order valence-corrected chi connectivity index (χ0v) is 10.8. The summed E-state index contributed by atoms with van der Waals surface area (Å²) in [5, 5.41) is 5.90. The Bertz CT molecular complexity index is 438. The third-order valence-electron chi connectivity index (χ3n) is 3.16. The van der Waals surface area contributed by atoms with Crippen molar-refractivity contribution in [3.05, 3.63) is 12.1 Å². The van der Waals surface area contributed by atoms with E-state index >= 15 is 0 Å². The first-order chi connectivity index (χ1) is 9.26. The van der Waals surface area contributed by atoms with Gasteiger partial charge in [0.25, 0.3) is 0 Å². The van der Waals surface area contributed by atoms with E-state index < -0.39 is 0 Å². The summed E-state index contributed by atoms with van der Waals surface area (Å²) in [7, 11) is 0. The van der Waals surface area contributed by atoms with Gasteiger partial charge in [-0.3, -0.25) is 4.79 Å². The fourth-order valence-corrected chi connectivity index (χ4v) is 2.24. The molecule has 1 aromatic heterocycles. The number of hydrogen-bond acceptors (Lipinski definition) is 6. The van der Waals surface area contributed by atoms with Crippen LogP contribution < -0.4 is 27.0 Å². The maximum atomic E-state index is 10.6. The van der Waals surface area contributed by atoms with Crippen LogP contribution in [0.1, 0.15) is 12.8 Å². The molecule has 0 radical (unpaired) electrons. The standard InChI is InChI=1S/C12H20N6O/c13-5-6-15-12-9(14)3-4-11(17-12)18-7-1-2-10(18)16-8-19/h3-4,8,10H,1-2,5-7,13-14H2,(H,15,17)(H,16,19). The third kappa shape index (κ3) is 3.05. The minimum absolute atomic E-state index is 0.0102. The van der Waals surface area contributed by atoms with E-state index in [0.29, 0.717) is 24.6 Å². The van der Waals surface area contributed by atoms with Gasteiger partial charge in [-0.1, -0.05) is 0 Å². The van der Waals surface area contributed by atoms with E-state index in [9.17, 15) is 4.79 Å². The van der Waals surface area contributed by atoms with Crippen LogP contribution in [-0.2, 0) is 4.79 Å². The van der Waals surface area contributed by atoms with Gasteiger partial charge in [0.1, 0.15) is 12.0 Å². The number of carbonyl (C=O) groups excluding carboxylic acids is 1. The molecule has 1 amide bonds. The van der Waals surface area contributed by atoms with Gasteiger partial charge in [0.05, 0.1) is 5.69 Å². The fourth-order valence-electron chi connectivity index (χ4n) is 2.24. The van der Waals surface area contributed by atoms with Gasteiger partial charge in [-0.2, -0.15) is 0 Å². The number of pyridine rings is 1. The van der Waals surface area contributed by atoms with E-state index in [1.54, 1.807) is 0 Å². The number of nitrogens with two attached hydrogens (primary N) is 2. The summed E-state index contributed by atoms with van der Waals surface area (Å²) in [6.07, 6.45) is 2.70. The second-order valence-electron chi connectivity index (χ2n) is 4.46. The van der Waals surface area contributed by atoms with Gasteiger partial charge in [0.2, 0.25) is 6.41 Å². The van der Waals surface area contributed by atoms with E-state index in [1.807, 2.05) is 12.1 Å². The van der Waals surface area contributed by atoms with Crippen LogP contribution in [0.5, 0.6) is 0 Å². The van der Waals surface area contributed by atoms with Crippen molar-refractivity contribution in [1.29, 1.82) is 0 Å². The lowest BCUT2D eigenvalue weighted by molar-refractivity contribution is -0.110. The van der Waals surface area contributed by atoms with Crippen molar-refractivity contribution in [3.8, 4) is 0 Å².